The van der Waals surface area contributed by atoms with Crippen molar-refractivity contribution >= 4 is 11.6 Å². The Morgan fingerprint density at radius 2 is 2.06 bits per heavy atom. The van der Waals surface area contributed by atoms with Crippen molar-refractivity contribution in [1.29, 1.82) is 0 Å². The molecule has 0 spiro atoms. The van der Waals surface area contributed by atoms with Crippen LogP contribution in [0.15, 0.2) is 18.2 Å². The molecule has 0 aromatic heterocycles. The van der Waals surface area contributed by atoms with Gasteiger partial charge < -0.3 is 10.8 Å². The van der Waals surface area contributed by atoms with Crippen LogP contribution in [0.1, 0.15) is 31.2 Å². The molecule has 0 atom stereocenters. The van der Waals surface area contributed by atoms with E-state index in [0.29, 0.717) is 24.8 Å². The van der Waals surface area contributed by atoms with Crippen molar-refractivity contribution in [3.63, 3.8) is 0 Å². The number of hydrogen-bond donors (Lipinski definition) is 2. The summed E-state index contributed by atoms with van der Waals surface area (Å²) >= 11 is 5.72. The molecule has 0 saturated heterocycles. The summed E-state index contributed by atoms with van der Waals surface area (Å²) < 4.78 is 13.7. The van der Waals surface area contributed by atoms with Crippen LogP contribution in [0.25, 0.3) is 0 Å². The van der Waals surface area contributed by atoms with Crippen LogP contribution in [0.2, 0.25) is 5.02 Å². The molecular weight excluding hydrogens is 241 g/mol. The van der Waals surface area contributed by atoms with Crippen molar-refractivity contribution in [2.24, 2.45) is 5.73 Å². The van der Waals surface area contributed by atoms with Gasteiger partial charge in [0, 0.05) is 12.5 Å². The normalized spacial score (nSPS) is 29.3. The van der Waals surface area contributed by atoms with E-state index in [1.54, 1.807) is 12.1 Å². The number of aliphatic hydroxyl groups is 1. The van der Waals surface area contributed by atoms with Crippen LogP contribution in [-0.4, -0.2) is 16.7 Å². The zero-order valence-electron chi connectivity index (χ0n) is 9.63. The van der Waals surface area contributed by atoms with E-state index in [4.69, 9.17) is 17.3 Å². The van der Waals surface area contributed by atoms with Crippen LogP contribution in [0, 0.1) is 5.82 Å². The van der Waals surface area contributed by atoms with Crippen LogP contribution < -0.4 is 5.73 Å². The van der Waals surface area contributed by atoms with Gasteiger partial charge in [-0.25, -0.2) is 4.39 Å². The lowest BCUT2D eigenvalue weighted by Crippen LogP contribution is -2.40. The van der Waals surface area contributed by atoms with Crippen molar-refractivity contribution in [2.75, 3.05) is 0 Å². The highest BCUT2D eigenvalue weighted by Crippen LogP contribution is 2.32. The Kier molecular flexibility index (Phi) is 3.71. The van der Waals surface area contributed by atoms with E-state index in [0.717, 1.165) is 12.8 Å². The summed E-state index contributed by atoms with van der Waals surface area (Å²) in [4.78, 5) is 0. The van der Waals surface area contributed by atoms with Crippen molar-refractivity contribution in [2.45, 2.75) is 43.7 Å². The SMILES string of the molecule is NC1CCC(O)(Cc2cccc(Cl)c2F)CC1. The van der Waals surface area contributed by atoms with Crippen molar-refractivity contribution in [3.05, 3.63) is 34.6 Å². The Balaban J connectivity index is 2.12. The van der Waals surface area contributed by atoms with E-state index in [-0.39, 0.29) is 11.1 Å². The Bertz CT molecular complexity index is 402. The third kappa shape index (κ3) is 2.97. The first kappa shape index (κ1) is 12.8. The monoisotopic (exact) mass is 257 g/mol. The van der Waals surface area contributed by atoms with Crippen molar-refractivity contribution in [1.82, 2.24) is 0 Å². The van der Waals surface area contributed by atoms with E-state index in [1.165, 1.54) is 6.07 Å². The second-order valence-corrected chi connectivity index (χ2v) is 5.36. The molecule has 2 rings (SSSR count). The number of rotatable bonds is 2. The average molecular weight is 258 g/mol. The molecule has 0 radical (unpaired) electrons. The highest BCUT2D eigenvalue weighted by atomic mass is 35.5. The van der Waals surface area contributed by atoms with E-state index >= 15 is 0 Å². The molecule has 2 nitrogen and oxygen atoms in total. The van der Waals surface area contributed by atoms with Crippen molar-refractivity contribution in [3.8, 4) is 0 Å². The van der Waals surface area contributed by atoms with Crippen LogP contribution >= 0.6 is 11.6 Å². The molecule has 3 N–H and O–H groups in total. The molecule has 4 heteroatoms. The molecule has 17 heavy (non-hydrogen) atoms. The summed E-state index contributed by atoms with van der Waals surface area (Å²) in [5, 5.41) is 10.5. The molecule has 1 aromatic rings. The van der Waals surface area contributed by atoms with Crippen molar-refractivity contribution < 1.29 is 9.50 Å². The number of nitrogens with two attached hydrogens (primary N) is 1. The first-order valence-corrected chi connectivity index (χ1v) is 6.29. The summed E-state index contributed by atoms with van der Waals surface area (Å²) in [6.07, 6.45) is 3.14. The molecule has 0 heterocycles. The molecular formula is C13H17ClFNO. The van der Waals surface area contributed by atoms with E-state index in [9.17, 15) is 9.50 Å². The Morgan fingerprint density at radius 1 is 1.41 bits per heavy atom. The molecule has 1 aliphatic carbocycles. The molecule has 0 unspecified atom stereocenters. The smallest absolute Gasteiger partial charge is 0.145 e. The van der Waals surface area contributed by atoms with Crippen LogP contribution in [0.4, 0.5) is 4.39 Å². The van der Waals surface area contributed by atoms with Gasteiger partial charge in [0.05, 0.1) is 10.6 Å². The topological polar surface area (TPSA) is 46.2 Å². The first-order valence-electron chi connectivity index (χ1n) is 5.91. The van der Waals surface area contributed by atoms with Gasteiger partial charge in [-0.3, -0.25) is 0 Å². The fraction of sp³-hybridized carbons (Fsp3) is 0.538. The maximum Gasteiger partial charge on any atom is 0.145 e. The minimum Gasteiger partial charge on any atom is -0.390 e. The number of hydrogen-bond acceptors (Lipinski definition) is 2. The van der Waals surface area contributed by atoms with Gasteiger partial charge in [-0.15, -0.1) is 0 Å². The lowest BCUT2D eigenvalue weighted by Gasteiger charge is -2.35. The lowest BCUT2D eigenvalue weighted by molar-refractivity contribution is -0.000449. The fourth-order valence-corrected chi connectivity index (χ4v) is 2.59. The van der Waals surface area contributed by atoms with E-state index < -0.39 is 11.4 Å². The quantitative estimate of drug-likeness (QED) is 0.856. The minimum absolute atomic E-state index is 0.110. The van der Waals surface area contributed by atoms with Gasteiger partial charge in [-0.1, -0.05) is 23.7 Å². The molecule has 94 valence electrons. The second kappa shape index (κ2) is 4.92. The predicted octanol–water partition coefficient (Wildman–Crippen LogP) is 2.65. The summed E-state index contributed by atoms with van der Waals surface area (Å²) in [6, 6.07) is 5.06. The van der Waals surface area contributed by atoms with Crippen LogP contribution in [0.5, 0.6) is 0 Å². The molecule has 0 amide bonds. The third-order valence-corrected chi connectivity index (χ3v) is 3.80. The molecule has 1 aliphatic rings. The largest absolute Gasteiger partial charge is 0.390 e. The summed E-state index contributed by atoms with van der Waals surface area (Å²) in [5.41, 5.74) is 5.45. The Hall–Kier alpha value is -0.640. The van der Waals surface area contributed by atoms with Crippen LogP contribution in [-0.2, 0) is 6.42 Å². The first-order chi connectivity index (χ1) is 8.00. The lowest BCUT2D eigenvalue weighted by atomic mass is 9.79. The number of halogens is 2. The van der Waals surface area contributed by atoms with Gasteiger partial charge in [-0.2, -0.15) is 0 Å². The average Bonchev–Trinajstić information content (AvgIpc) is 2.30. The minimum atomic E-state index is -0.832. The van der Waals surface area contributed by atoms with Gasteiger partial charge in [0.2, 0.25) is 0 Å². The molecule has 1 fully saturated rings. The third-order valence-electron chi connectivity index (χ3n) is 3.51. The highest BCUT2D eigenvalue weighted by molar-refractivity contribution is 6.30. The molecule has 1 saturated carbocycles. The van der Waals surface area contributed by atoms with Gasteiger partial charge in [0.15, 0.2) is 0 Å². The Morgan fingerprint density at radius 3 is 2.71 bits per heavy atom. The predicted molar refractivity (Wildman–Crippen MR) is 66.5 cm³/mol. The zero-order chi connectivity index (χ0) is 12.5. The standard InChI is InChI=1S/C13H17ClFNO/c14-11-3-1-2-9(12(11)15)8-13(17)6-4-10(16)5-7-13/h1-3,10,17H,4-8,16H2. The van der Waals surface area contributed by atoms with Crippen LogP contribution in [0.3, 0.4) is 0 Å². The van der Waals surface area contributed by atoms with Gasteiger partial charge >= 0.3 is 0 Å². The van der Waals surface area contributed by atoms with Gasteiger partial charge in [0.25, 0.3) is 0 Å². The Labute approximate surface area is 106 Å². The number of benzene rings is 1. The maximum absolute atomic E-state index is 13.7. The van der Waals surface area contributed by atoms with E-state index in [1.807, 2.05) is 0 Å². The second-order valence-electron chi connectivity index (χ2n) is 4.95. The fourth-order valence-electron chi connectivity index (χ4n) is 2.39. The zero-order valence-corrected chi connectivity index (χ0v) is 10.4. The van der Waals surface area contributed by atoms with Gasteiger partial charge in [-0.05, 0) is 37.3 Å². The summed E-state index contributed by atoms with van der Waals surface area (Å²) in [7, 11) is 0. The molecule has 0 bridgehead atoms. The van der Waals surface area contributed by atoms with E-state index in [2.05, 4.69) is 0 Å². The molecule has 1 aromatic carbocycles. The van der Waals surface area contributed by atoms with Gasteiger partial charge in [0.1, 0.15) is 5.82 Å². The maximum atomic E-state index is 13.7. The molecule has 0 aliphatic heterocycles. The highest BCUT2D eigenvalue weighted by Gasteiger charge is 2.33. The summed E-state index contributed by atoms with van der Waals surface area (Å²) in [6.45, 7) is 0. The summed E-state index contributed by atoms with van der Waals surface area (Å²) in [5.74, 6) is -0.419.